The molecular formula is C21H22N4O3S3. The van der Waals surface area contributed by atoms with E-state index in [1.54, 1.807) is 19.1 Å². The molecule has 31 heavy (non-hydrogen) atoms. The van der Waals surface area contributed by atoms with Crippen LogP contribution >= 0.6 is 23.1 Å². The minimum atomic E-state index is -3.29. The van der Waals surface area contributed by atoms with Gasteiger partial charge in [-0.15, -0.1) is 10.2 Å². The fraction of sp³-hybridized carbons (Fsp3) is 0.286. The highest BCUT2D eigenvalue weighted by molar-refractivity contribution is 8.01. The van der Waals surface area contributed by atoms with E-state index in [4.69, 9.17) is 0 Å². The van der Waals surface area contributed by atoms with Crippen LogP contribution in [0.15, 0.2) is 46.8 Å². The molecule has 0 saturated heterocycles. The summed E-state index contributed by atoms with van der Waals surface area (Å²) in [5.41, 5.74) is 4.26. The molecule has 0 spiro atoms. The summed E-state index contributed by atoms with van der Waals surface area (Å²) < 4.78 is 26.6. The van der Waals surface area contributed by atoms with E-state index in [9.17, 15) is 13.2 Å². The first-order valence-corrected chi connectivity index (χ1v) is 13.2. The molecule has 0 bridgehead atoms. The number of nitrogens with zero attached hydrogens (tertiary/aromatic N) is 3. The van der Waals surface area contributed by atoms with E-state index < -0.39 is 10.0 Å². The standard InChI is InChI=1S/C21H22N4O3S3/c1-3-31(27,28)25-10-9-15-12-16(7-8-18(15)25)19(26)13-29-21-24-23-20(30-21)22-17-6-4-5-14(2)11-17/h4-8,11-12H,3,9-10,13H2,1-2H3,(H,22,23). The van der Waals surface area contributed by atoms with Crippen molar-refractivity contribution in [3.8, 4) is 0 Å². The van der Waals surface area contributed by atoms with Crippen LogP contribution in [0.2, 0.25) is 0 Å². The average Bonchev–Trinajstić information content (AvgIpc) is 3.38. The van der Waals surface area contributed by atoms with Crippen molar-refractivity contribution in [2.24, 2.45) is 0 Å². The van der Waals surface area contributed by atoms with Crippen LogP contribution < -0.4 is 9.62 Å². The molecule has 3 aromatic rings. The Balaban J connectivity index is 1.38. The number of hydrogen-bond acceptors (Lipinski definition) is 8. The molecule has 1 N–H and O–H groups in total. The predicted molar refractivity (Wildman–Crippen MR) is 126 cm³/mol. The molecule has 0 atom stereocenters. The molecule has 4 rings (SSSR count). The number of ketones is 1. The van der Waals surface area contributed by atoms with Crippen molar-refractivity contribution in [3.05, 3.63) is 59.2 Å². The molecule has 0 fully saturated rings. The summed E-state index contributed by atoms with van der Waals surface area (Å²) in [5.74, 6) is 0.286. The van der Waals surface area contributed by atoms with E-state index in [-0.39, 0.29) is 17.3 Å². The molecule has 2 aromatic carbocycles. The number of anilines is 3. The number of aromatic nitrogens is 2. The third kappa shape index (κ3) is 4.91. The third-order valence-corrected chi connectivity index (χ3v) is 8.71. The number of fused-ring (bicyclic) bond motifs is 1. The van der Waals surface area contributed by atoms with E-state index in [0.717, 1.165) is 16.8 Å². The topological polar surface area (TPSA) is 92.3 Å². The van der Waals surface area contributed by atoms with Crippen molar-refractivity contribution >= 4 is 55.4 Å². The largest absolute Gasteiger partial charge is 0.330 e. The number of carbonyl (C=O) groups is 1. The number of rotatable bonds is 8. The molecule has 162 valence electrons. The Morgan fingerprint density at radius 3 is 2.84 bits per heavy atom. The minimum absolute atomic E-state index is 0.0204. The maximum Gasteiger partial charge on any atom is 0.234 e. The smallest absolute Gasteiger partial charge is 0.234 e. The highest BCUT2D eigenvalue weighted by Gasteiger charge is 2.28. The maximum atomic E-state index is 12.7. The Morgan fingerprint density at radius 1 is 1.23 bits per heavy atom. The van der Waals surface area contributed by atoms with Crippen molar-refractivity contribution < 1.29 is 13.2 Å². The third-order valence-electron chi connectivity index (χ3n) is 4.96. The van der Waals surface area contributed by atoms with Gasteiger partial charge in [0.05, 0.1) is 17.2 Å². The zero-order chi connectivity index (χ0) is 22.0. The van der Waals surface area contributed by atoms with Gasteiger partial charge in [0.1, 0.15) is 0 Å². The van der Waals surface area contributed by atoms with Crippen LogP contribution in [0, 0.1) is 6.92 Å². The van der Waals surface area contributed by atoms with Crippen LogP contribution in [0.4, 0.5) is 16.5 Å². The Labute approximate surface area is 189 Å². The molecular weight excluding hydrogens is 452 g/mol. The van der Waals surface area contributed by atoms with Crippen LogP contribution in [-0.4, -0.2) is 42.4 Å². The Hall–Kier alpha value is -2.43. The summed E-state index contributed by atoms with van der Waals surface area (Å²) in [5, 5.41) is 12.2. The Kier molecular flexibility index (Phi) is 6.31. The van der Waals surface area contributed by atoms with Crippen molar-refractivity contribution in [2.45, 2.75) is 24.6 Å². The molecule has 1 aliphatic heterocycles. The summed E-state index contributed by atoms with van der Waals surface area (Å²) in [6.45, 7) is 4.09. The molecule has 10 heteroatoms. The highest BCUT2D eigenvalue weighted by atomic mass is 32.2. The minimum Gasteiger partial charge on any atom is -0.330 e. The molecule has 7 nitrogen and oxygen atoms in total. The molecule has 2 heterocycles. The SMILES string of the molecule is CCS(=O)(=O)N1CCc2cc(C(=O)CSc3nnc(Nc4cccc(C)c4)s3)ccc21. The van der Waals surface area contributed by atoms with Crippen molar-refractivity contribution in [1.82, 2.24) is 10.2 Å². The van der Waals surface area contributed by atoms with Crippen LogP contribution in [-0.2, 0) is 16.4 Å². The quantitative estimate of drug-likeness (QED) is 0.385. The second-order valence-corrected chi connectivity index (χ2v) is 11.5. The molecule has 0 saturated carbocycles. The highest BCUT2D eigenvalue weighted by Crippen LogP contribution is 2.32. The predicted octanol–water partition coefficient (Wildman–Crippen LogP) is 4.28. The zero-order valence-electron chi connectivity index (χ0n) is 17.2. The van der Waals surface area contributed by atoms with Crippen molar-refractivity contribution in [1.29, 1.82) is 0 Å². The first-order valence-electron chi connectivity index (χ1n) is 9.82. The number of nitrogens with one attached hydrogen (secondary N) is 1. The van der Waals surface area contributed by atoms with E-state index in [0.29, 0.717) is 33.7 Å². The van der Waals surface area contributed by atoms with Crippen LogP contribution in [0.5, 0.6) is 0 Å². The van der Waals surface area contributed by atoms with E-state index in [2.05, 4.69) is 15.5 Å². The number of Topliss-reactive ketones (excluding diaryl/α,β-unsaturated/α-hetero) is 1. The first kappa shape index (κ1) is 21.8. The zero-order valence-corrected chi connectivity index (χ0v) is 19.6. The number of hydrogen-bond donors (Lipinski definition) is 1. The van der Waals surface area contributed by atoms with E-state index in [1.807, 2.05) is 37.3 Å². The summed E-state index contributed by atoms with van der Waals surface area (Å²) in [7, 11) is -3.29. The molecule has 1 aliphatic rings. The summed E-state index contributed by atoms with van der Waals surface area (Å²) in [6, 6.07) is 13.2. The summed E-state index contributed by atoms with van der Waals surface area (Å²) >= 11 is 2.75. The lowest BCUT2D eigenvalue weighted by Crippen LogP contribution is -2.30. The Bertz CT molecular complexity index is 1220. The molecule has 0 amide bonds. The molecule has 1 aromatic heterocycles. The molecule has 0 radical (unpaired) electrons. The maximum absolute atomic E-state index is 12.7. The van der Waals surface area contributed by atoms with Crippen molar-refractivity contribution in [3.63, 3.8) is 0 Å². The fourth-order valence-corrected chi connectivity index (χ4v) is 6.19. The monoisotopic (exact) mass is 474 g/mol. The number of aryl methyl sites for hydroxylation is 1. The van der Waals surface area contributed by atoms with Gasteiger partial charge in [-0.2, -0.15) is 0 Å². The number of carbonyl (C=O) groups excluding carboxylic acids is 1. The lowest BCUT2D eigenvalue weighted by Gasteiger charge is -2.18. The normalized spacial score (nSPS) is 13.3. The van der Waals surface area contributed by atoms with Gasteiger partial charge >= 0.3 is 0 Å². The van der Waals surface area contributed by atoms with Crippen LogP contribution in [0.1, 0.15) is 28.4 Å². The number of thioether (sulfide) groups is 1. The lowest BCUT2D eigenvalue weighted by molar-refractivity contribution is 0.102. The number of sulfonamides is 1. The van der Waals surface area contributed by atoms with Crippen LogP contribution in [0.3, 0.4) is 0 Å². The van der Waals surface area contributed by atoms with Gasteiger partial charge in [0.25, 0.3) is 0 Å². The van der Waals surface area contributed by atoms with Gasteiger partial charge in [-0.1, -0.05) is 35.2 Å². The second kappa shape index (κ2) is 8.97. The number of benzene rings is 2. The van der Waals surface area contributed by atoms with Gasteiger partial charge in [-0.05, 0) is 61.7 Å². The Morgan fingerprint density at radius 2 is 2.06 bits per heavy atom. The molecule has 0 aliphatic carbocycles. The van der Waals surface area contributed by atoms with Crippen molar-refractivity contribution in [2.75, 3.05) is 27.7 Å². The van der Waals surface area contributed by atoms with E-state index >= 15 is 0 Å². The van der Waals surface area contributed by atoms with Gasteiger partial charge in [0.15, 0.2) is 10.1 Å². The van der Waals surface area contributed by atoms with E-state index in [1.165, 1.54) is 27.4 Å². The van der Waals surface area contributed by atoms with Gasteiger partial charge < -0.3 is 5.32 Å². The lowest BCUT2D eigenvalue weighted by atomic mass is 10.1. The van der Waals surface area contributed by atoms with Gasteiger partial charge in [0, 0.05) is 17.8 Å². The fourth-order valence-electron chi connectivity index (χ4n) is 3.37. The average molecular weight is 475 g/mol. The summed E-state index contributed by atoms with van der Waals surface area (Å²) in [4.78, 5) is 12.7. The van der Waals surface area contributed by atoms with Gasteiger partial charge in [0.2, 0.25) is 15.2 Å². The second-order valence-electron chi connectivity index (χ2n) is 7.15. The van der Waals surface area contributed by atoms with Crippen LogP contribution in [0.25, 0.3) is 0 Å². The molecule has 0 unspecified atom stereocenters. The van der Waals surface area contributed by atoms with Gasteiger partial charge in [-0.3, -0.25) is 9.10 Å². The summed E-state index contributed by atoms with van der Waals surface area (Å²) in [6.07, 6.45) is 0.618. The first-order chi connectivity index (χ1) is 14.9. The van der Waals surface area contributed by atoms with Gasteiger partial charge in [-0.25, -0.2) is 8.42 Å².